The molecule has 150 valence electrons. The van der Waals surface area contributed by atoms with Gasteiger partial charge in [0.1, 0.15) is 5.82 Å². The lowest BCUT2D eigenvalue weighted by Gasteiger charge is -2.29. The predicted octanol–water partition coefficient (Wildman–Crippen LogP) is 4.89. The van der Waals surface area contributed by atoms with Gasteiger partial charge >= 0.3 is 12.1 Å². The Morgan fingerprint density at radius 3 is 2.36 bits per heavy atom. The Morgan fingerprint density at radius 1 is 1.11 bits per heavy atom. The van der Waals surface area contributed by atoms with Crippen LogP contribution in [0, 0.1) is 5.82 Å². The number of ether oxygens (including phenoxy) is 2. The summed E-state index contributed by atoms with van der Waals surface area (Å²) in [6.07, 6.45) is 0.772. The quantitative estimate of drug-likeness (QED) is 0.535. The van der Waals surface area contributed by atoms with Crippen LogP contribution in [0.1, 0.15) is 30.5 Å². The van der Waals surface area contributed by atoms with E-state index in [4.69, 9.17) is 4.74 Å². The second kappa shape index (κ2) is 10.8. The molecule has 0 aromatic heterocycles. The van der Waals surface area contributed by atoms with Gasteiger partial charge in [0.05, 0.1) is 13.2 Å². The molecule has 2 rings (SSSR count). The Hall–Kier alpha value is -2.41. The lowest BCUT2D eigenvalue weighted by Crippen LogP contribution is -2.36. The molecule has 0 aliphatic heterocycles. The van der Waals surface area contributed by atoms with E-state index in [0.717, 1.165) is 15.6 Å². The zero-order chi connectivity index (χ0) is 20.5. The van der Waals surface area contributed by atoms with Crippen LogP contribution in [-0.2, 0) is 20.7 Å². The largest absolute Gasteiger partial charge is 0.466 e. The van der Waals surface area contributed by atoms with Gasteiger partial charge in [-0.3, -0.25) is 0 Å². The van der Waals surface area contributed by atoms with E-state index in [1.165, 1.54) is 19.2 Å². The number of halogens is 2. The van der Waals surface area contributed by atoms with Crippen molar-refractivity contribution in [3.05, 3.63) is 69.9 Å². The van der Waals surface area contributed by atoms with Gasteiger partial charge in [-0.2, -0.15) is 0 Å². The minimum absolute atomic E-state index is 0.244. The maximum atomic E-state index is 13.0. The second-order valence-electron chi connectivity index (χ2n) is 6.28. The minimum Gasteiger partial charge on any atom is -0.466 e. The van der Waals surface area contributed by atoms with Gasteiger partial charge in [-0.25, -0.2) is 14.0 Å². The average molecular weight is 452 g/mol. The molecule has 0 N–H and O–H groups in total. The number of rotatable bonds is 8. The van der Waals surface area contributed by atoms with Crippen LogP contribution in [0.2, 0.25) is 0 Å². The summed E-state index contributed by atoms with van der Waals surface area (Å²) in [6, 6.07) is 13.7. The van der Waals surface area contributed by atoms with Crippen molar-refractivity contribution in [3.63, 3.8) is 0 Å². The number of aryl methyl sites for hydroxylation is 1. The number of esters is 1. The normalized spacial score (nSPS) is 11.6. The first-order valence-corrected chi connectivity index (χ1v) is 9.70. The van der Waals surface area contributed by atoms with Crippen LogP contribution in [0.5, 0.6) is 0 Å². The molecule has 28 heavy (non-hydrogen) atoms. The number of amides is 1. The molecule has 2 aromatic carbocycles. The van der Waals surface area contributed by atoms with E-state index in [-0.39, 0.29) is 11.9 Å². The molecule has 0 fully saturated rings. The maximum Gasteiger partial charge on any atom is 0.410 e. The van der Waals surface area contributed by atoms with Crippen molar-refractivity contribution >= 4 is 28.0 Å². The zero-order valence-corrected chi connectivity index (χ0v) is 17.4. The van der Waals surface area contributed by atoms with Crippen LogP contribution in [0.25, 0.3) is 0 Å². The van der Waals surface area contributed by atoms with Gasteiger partial charge < -0.3 is 14.4 Å². The molecule has 0 saturated carbocycles. The zero-order valence-electron chi connectivity index (χ0n) is 15.9. The number of benzene rings is 2. The van der Waals surface area contributed by atoms with Crippen molar-refractivity contribution in [3.8, 4) is 0 Å². The van der Waals surface area contributed by atoms with Gasteiger partial charge in [0.25, 0.3) is 0 Å². The van der Waals surface area contributed by atoms with Crippen molar-refractivity contribution in [2.24, 2.45) is 0 Å². The van der Waals surface area contributed by atoms with Crippen LogP contribution in [-0.4, -0.2) is 37.2 Å². The Labute approximate surface area is 172 Å². The molecule has 0 bridgehead atoms. The Balaban J connectivity index is 2.05. The SMILES string of the molecule is COC(=O)COC(=O)N(CCCc1ccc(F)cc1)[C@@H](C)c1ccc(Br)cc1. The van der Waals surface area contributed by atoms with Gasteiger partial charge in [-0.1, -0.05) is 40.2 Å². The molecule has 0 spiro atoms. The fraction of sp³-hybridized carbons (Fsp3) is 0.333. The van der Waals surface area contributed by atoms with E-state index >= 15 is 0 Å². The van der Waals surface area contributed by atoms with Crippen LogP contribution < -0.4 is 0 Å². The van der Waals surface area contributed by atoms with Gasteiger partial charge in [0, 0.05) is 11.0 Å². The van der Waals surface area contributed by atoms with Crippen molar-refractivity contribution in [2.75, 3.05) is 20.3 Å². The summed E-state index contributed by atoms with van der Waals surface area (Å²) in [5.41, 5.74) is 1.93. The molecule has 1 amide bonds. The summed E-state index contributed by atoms with van der Waals surface area (Å²) in [7, 11) is 1.24. The third-order valence-corrected chi connectivity index (χ3v) is 4.90. The lowest BCUT2D eigenvalue weighted by molar-refractivity contribution is -0.144. The highest BCUT2D eigenvalue weighted by Crippen LogP contribution is 2.23. The summed E-state index contributed by atoms with van der Waals surface area (Å²) in [5, 5.41) is 0. The monoisotopic (exact) mass is 451 g/mol. The number of hydrogen-bond acceptors (Lipinski definition) is 4. The van der Waals surface area contributed by atoms with Crippen LogP contribution in [0.3, 0.4) is 0 Å². The van der Waals surface area contributed by atoms with Gasteiger partial charge in [0.2, 0.25) is 0 Å². The van der Waals surface area contributed by atoms with Gasteiger partial charge in [-0.05, 0) is 55.2 Å². The van der Waals surface area contributed by atoms with Crippen molar-refractivity contribution < 1.29 is 23.5 Å². The number of carbonyl (C=O) groups excluding carboxylic acids is 2. The molecule has 0 heterocycles. The standard InChI is InChI=1S/C21H23BrFNO4/c1-15(17-7-9-18(22)10-8-17)24(21(26)28-14-20(25)27-2)13-3-4-16-5-11-19(23)12-6-16/h5-12,15H,3-4,13-14H2,1-2H3/t15-/m0/s1. The Kier molecular flexibility index (Phi) is 8.44. The van der Waals surface area contributed by atoms with Crippen molar-refractivity contribution in [1.82, 2.24) is 4.90 Å². The highest BCUT2D eigenvalue weighted by atomic mass is 79.9. The Bertz CT molecular complexity index is 780. The van der Waals surface area contributed by atoms with E-state index in [1.807, 2.05) is 31.2 Å². The van der Waals surface area contributed by atoms with Gasteiger partial charge in [0.15, 0.2) is 6.61 Å². The van der Waals surface area contributed by atoms with Crippen LogP contribution in [0.4, 0.5) is 9.18 Å². The smallest absolute Gasteiger partial charge is 0.410 e. The third kappa shape index (κ3) is 6.64. The highest BCUT2D eigenvalue weighted by molar-refractivity contribution is 9.10. The molecule has 1 atom stereocenters. The van der Waals surface area contributed by atoms with Gasteiger partial charge in [-0.15, -0.1) is 0 Å². The van der Waals surface area contributed by atoms with Crippen LogP contribution >= 0.6 is 15.9 Å². The topological polar surface area (TPSA) is 55.8 Å². The van der Waals surface area contributed by atoms with Crippen LogP contribution in [0.15, 0.2) is 53.0 Å². The summed E-state index contributed by atoms with van der Waals surface area (Å²) >= 11 is 3.40. The third-order valence-electron chi connectivity index (χ3n) is 4.37. The van der Waals surface area contributed by atoms with E-state index < -0.39 is 18.7 Å². The number of hydrogen-bond donors (Lipinski definition) is 0. The molecule has 0 saturated heterocycles. The van der Waals surface area contributed by atoms with E-state index in [2.05, 4.69) is 20.7 Å². The number of carbonyl (C=O) groups is 2. The summed E-state index contributed by atoms with van der Waals surface area (Å²) in [4.78, 5) is 25.4. The second-order valence-corrected chi connectivity index (χ2v) is 7.20. The fourth-order valence-corrected chi connectivity index (χ4v) is 3.00. The molecule has 0 radical (unpaired) electrons. The average Bonchev–Trinajstić information content (AvgIpc) is 2.70. The molecular formula is C21H23BrFNO4. The summed E-state index contributed by atoms with van der Waals surface area (Å²) in [5.74, 6) is -0.892. The molecule has 0 aliphatic carbocycles. The first kappa shape index (κ1) is 21.9. The van der Waals surface area contributed by atoms with E-state index in [1.54, 1.807) is 17.0 Å². The van der Waals surface area contributed by atoms with E-state index in [0.29, 0.717) is 19.4 Å². The minimum atomic E-state index is -0.615. The maximum absolute atomic E-state index is 13.0. The fourth-order valence-electron chi connectivity index (χ4n) is 2.73. The van der Waals surface area contributed by atoms with Crippen molar-refractivity contribution in [2.45, 2.75) is 25.8 Å². The Morgan fingerprint density at radius 2 is 1.75 bits per heavy atom. The van der Waals surface area contributed by atoms with E-state index in [9.17, 15) is 14.0 Å². The molecule has 7 heteroatoms. The molecule has 5 nitrogen and oxygen atoms in total. The molecule has 0 aliphatic rings. The summed E-state index contributed by atoms with van der Waals surface area (Å²) < 4.78 is 23.6. The summed E-state index contributed by atoms with van der Waals surface area (Å²) in [6.45, 7) is 1.89. The number of methoxy groups -OCH3 is 1. The predicted molar refractivity (Wildman–Crippen MR) is 107 cm³/mol. The molecular weight excluding hydrogens is 429 g/mol. The lowest BCUT2D eigenvalue weighted by atomic mass is 10.1. The first-order chi connectivity index (χ1) is 13.4. The molecule has 2 aromatic rings. The van der Waals surface area contributed by atoms with Crippen molar-refractivity contribution in [1.29, 1.82) is 0 Å². The first-order valence-electron chi connectivity index (χ1n) is 8.91. The highest BCUT2D eigenvalue weighted by Gasteiger charge is 2.23. The molecule has 0 unspecified atom stereocenters. The number of nitrogens with zero attached hydrogens (tertiary/aromatic N) is 1.